The van der Waals surface area contributed by atoms with Gasteiger partial charge in [0.25, 0.3) is 0 Å². The molecule has 0 saturated carbocycles. The summed E-state index contributed by atoms with van der Waals surface area (Å²) < 4.78 is 71.9. The zero-order valence-electron chi connectivity index (χ0n) is 8.36. The van der Waals surface area contributed by atoms with E-state index in [0.29, 0.717) is 12.1 Å². The van der Waals surface area contributed by atoms with Gasteiger partial charge >= 0.3 is 64.5 Å². The van der Waals surface area contributed by atoms with Crippen molar-refractivity contribution in [2.24, 2.45) is 0 Å². The Morgan fingerprint density at radius 1 is 0.938 bits per heavy atom. The summed E-state index contributed by atoms with van der Waals surface area (Å²) in [6.45, 7) is -5.14. The molecule has 8 heteroatoms. The Balaban J connectivity index is 0.00000225. The SMILES string of the molecule is F[B-](F)(F)c1ccc(CC(F)(F)F)cc1.[K+]. The van der Waals surface area contributed by atoms with Crippen LogP contribution >= 0.6 is 0 Å². The number of benzene rings is 1. The second-order valence-electron chi connectivity index (χ2n) is 3.11. The third-order valence-corrected chi connectivity index (χ3v) is 1.76. The molecule has 16 heavy (non-hydrogen) atoms. The van der Waals surface area contributed by atoms with E-state index in [0.717, 1.165) is 12.1 Å². The van der Waals surface area contributed by atoms with Gasteiger partial charge in [-0.25, -0.2) is 0 Å². The van der Waals surface area contributed by atoms with E-state index in [4.69, 9.17) is 0 Å². The van der Waals surface area contributed by atoms with Crippen LogP contribution in [0.4, 0.5) is 26.1 Å². The minimum atomic E-state index is -5.14. The topological polar surface area (TPSA) is 0 Å². The molecule has 1 aromatic carbocycles. The van der Waals surface area contributed by atoms with Crippen LogP contribution in [0.15, 0.2) is 24.3 Å². The molecule has 0 radical (unpaired) electrons. The van der Waals surface area contributed by atoms with Gasteiger partial charge in [0.2, 0.25) is 0 Å². The van der Waals surface area contributed by atoms with Crippen molar-refractivity contribution in [2.45, 2.75) is 12.6 Å². The molecule has 0 nitrogen and oxygen atoms in total. The summed E-state index contributed by atoms with van der Waals surface area (Å²) in [4.78, 5) is 0. The predicted octanol–water partition coefficient (Wildman–Crippen LogP) is -0.150. The van der Waals surface area contributed by atoms with Gasteiger partial charge in [-0.05, 0) is 5.56 Å². The zero-order valence-corrected chi connectivity index (χ0v) is 11.5. The van der Waals surface area contributed by atoms with Crippen LogP contribution in [0.2, 0.25) is 0 Å². The van der Waals surface area contributed by atoms with E-state index in [2.05, 4.69) is 0 Å². The molecule has 0 saturated heterocycles. The molecule has 0 bridgehead atoms. The maximum atomic E-state index is 12.1. The molecule has 0 aliphatic heterocycles. The van der Waals surface area contributed by atoms with Crippen molar-refractivity contribution < 1.29 is 77.5 Å². The number of rotatable bonds is 2. The molecule has 0 amide bonds. The summed E-state index contributed by atoms with van der Waals surface area (Å²) in [5.74, 6) is 0. The third kappa shape index (κ3) is 5.72. The van der Waals surface area contributed by atoms with Crippen LogP contribution in [0.5, 0.6) is 0 Å². The summed E-state index contributed by atoms with van der Waals surface area (Å²) in [5, 5.41) is 0. The second kappa shape index (κ2) is 5.90. The van der Waals surface area contributed by atoms with Crippen molar-refractivity contribution >= 4 is 12.4 Å². The van der Waals surface area contributed by atoms with E-state index in [1.54, 1.807) is 0 Å². The molecule has 0 aromatic heterocycles. The van der Waals surface area contributed by atoms with E-state index >= 15 is 0 Å². The average Bonchev–Trinajstić information content (AvgIpc) is 2.00. The van der Waals surface area contributed by atoms with Crippen molar-refractivity contribution in [3.05, 3.63) is 29.8 Å². The van der Waals surface area contributed by atoms with Crippen molar-refractivity contribution in [3.63, 3.8) is 0 Å². The number of alkyl halides is 3. The van der Waals surface area contributed by atoms with E-state index in [-0.39, 0.29) is 56.9 Å². The normalized spacial score (nSPS) is 12.1. The van der Waals surface area contributed by atoms with Gasteiger partial charge in [-0.2, -0.15) is 13.2 Å². The third-order valence-electron chi connectivity index (χ3n) is 1.76. The Labute approximate surface area is 131 Å². The predicted molar refractivity (Wildman–Crippen MR) is 44.9 cm³/mol. The quantitative estimate of drug-likeness (QED) is 0.516. The Morgan fingerprint density at radius 2 is 1.38 bits per heavy atom. The van der Waals surface area contributed by atoms with Crippen LogP contribution in [-0.4, -0.2) is 13.2 Å². The van der Waals surface area contributed by atoms with E-state index in [9.17, 15) is 26.1 Å². The average molecular weight is 266 g/mol. The van der Waals surface area contributed by atoms with Crippen LogP contribution in [0.1, 0.15) is 5.56 Å². The summed E-state index contributed by atoms with van der Waals surface area (Å²) in [6, 6.07) is 3.03. The fourth-order valence-corrected chi connectivity index (χ4v) is 1.09. The summed E-state index contributed by atoms with van der Waals surface area (Å²) >= 11 is 0. The van der Waals surface area contributed by atoms with Crippen LogP contribution in [0, 0.1) is 0 Å². The molecule has 1 rings (SSSR count). The van der Waals surface area contributed by atoms with E-state index in [1.165, 1.54) is 0 Å². The number of hydrogen-bond donors (Lipinski definition) is 0. The Kier molecular flexibility index (Phi) is 6.09. The van der Waals surface area contributed by atoms with Crippen LogP contribution in [-0.2, 0) is 6.42 Å². The van der Waals surface area contributed by atoms with E-state index < -0.39 is 25.0 Å². The van der Waals surface area contributed by atoms with Gasteiger partial charge in [0.1, 0.15) is 0 Å². The van der Waals surface area contributed by atoms with E-state index in [1.807, 2.05) is 0 Å². The molecule has 0 spiro atoms. The van der Waals surface area contributed by atoms with Gasteiger partial charge in [-0.15, -0.1) is 5.46 Å². The smallest absolute Gasteiger partial charge is 0.445 e. The maximum absolute atomic E-state index is 12.1. The van der Waals surface area contributed by atoms with Gasteiger partial charge in [-0.3, -0.25) is 0 Å². The first kappa shape index (κ1) is 16.5. The molecule has 0 atom stereocenters. The standard InChI is InChI=1S/C8H6BF6.K/c10-8(11,12)5-6-1-3-7(4-2-6)9(13,14)15;/h1-4H,5H2;/q-1;+1. The Morgan fingerprint density at radius 3 is 1.69 bits per heavy atom. The van der Waals surface area contributed by atoms with Crippen LogP contribution < -0.4 is 56.8 Å². The van der Waals surface area contributed by atoms with Crippen molar-refractivity contribution in [1.82, 2.24) is 0 Å². The molecular formula is C8H6BF6K. The van der Waals surface area contributed by atoms with Gasteiger partial charge < -0.3 is 12.9 Å². The maximum Gasteiger partial charge on any atom is 1.00 e. The molecular weight excluding hydrogens is 260 g/mol. The van der Waals surface area contributed by atoms with Crippen LogP contribution in [0.25, 0.3) is 0 Å². The molecule has 0 aliphatic carbocycles. The first-order valence-corrected chi connectivity index (χ1v) is 4.04. The first-order chi connectivity index (χ1) is 6.68. The van der Waals surface area contributed by atoms with Crippen molar-refractivity contribution in [2.75, 3.05) is 0 Å². The molecule has 0 heterocycles. The van der Waals surface area contributed by atoms with Gasteiger partial charge in [0.05, 0.1) is 6.42 Å². The Bertz CT molecular complexity index is 328. The molecule has 0 unspecified atom stereocenters. The second-order valence-corrected chi connectivity index (χ2v) is 3.11. The minimum Gasteiger partial charge on any atom is -0.445 e. The number of halogens is 6. The Hall–Kier alpha value is 0.501. The molecule has 0 fully saturated rings. The fraction of sp³-hybridized carbons (Fsp3) is 0.250. The molecule has 1 aromatic rings. The molecule has 0 N–H and O–H groups in total. The van der Waals surface area contributed by atoms with Crippen molar-refractivity contribution in [1.29, 1.82) is 0 Å². The zero-order chi connectivity index (χ0) is 11.7. The van der Waals surface area contributed by atoms with Crippen LogP contribution in [0.3, 0.4) is 0 Å². The summed E-state index contributed by atoms with van der Waals surface area (Å²) in [6.07, 6.45) is -5.61. The first-order valence-electron chi connectivity index (χ1n) is 4.04. The summed E-state index contributed by atoms with van der Waals surface area (Å²) in [5.41, 5.74) is -1.06. The van der Waals surface area contributed by atoms with Gasteiger partial charge in [-0.1, -0.05) is 24.3 Å². The van der Waals surface area contributed by atoms with Crippen molar-refractivity contribution in [3.8, 4) is 0 Å². The monoisotopic (exact) mass is 266 g/mol. The molecule has 0 aliphatic rings. The number of hydrogen-bond acceptors (Lipinski definition) is 0. The van der Waals surface area contributed by atoms with Gasteiger partial charge in [0, 0.05) is 0 Å². The largest absolute Gasteiger partial charge is 1.00 e. The fourth-order valence-electron chi connectivity index (χ4n) is 1.09. The summed E-state index contributed by atoms with van der Waals surface area (Å²) in [7, 11) is 0. The minimum absolute atomic E-state index is 0. The van der Waals surface area contributed by atoms with Gasteiger partial charge in [0.15, 0.2) is 0 Å². The molecule has 84 valence electrons.